The zero-order chi connectivity index (χ0) is 26.1. The highest BCUT2D eigenvalue weighted by atomic mass is 32.2. The Hall–Kier alpha value is -3.87. The Kier molecular flexibility index (Phi) is 9.06. The van der Waals surface area contributed by atoms with Crippen LogP contribution in [0.5, 0.6) is 0 Å². The maximum atomic E-state index is 11.9. The van der Waals surface area contributed by atoms with Crippen LogP contribution in [-0.2, 0) is 10.1 Å². The summed E-state index contributed by atoms with van der Waals surface area (Å²) in [6, 6.07) is 15.4. The lowest BCUT2D eigenvalue weighted by molar-refractivity contribution is 0.283. The molecule has 7 N–H and O–H groups in total. The molecule has 0 saturated heterocycles. The van der Waals surface area contributed by atoms with E-state index in [-0.39, 0.29) is 29.4 Å². The molecule has 3 rings (SSSR count). The number of hydrogen-bond acceptors (Lipinski definition) is 10. The van der Waals surface area contributed by atoms with E-state index >= 15 is 0 Å². The lowest BCUT2D eigenvalue weighted by atomic mass is 10.2. The number of rotatable bonds is 11. The van der Waals surface area contributed by atoms with Crippen molar-refractivity contribution in [2.24, 2.45) is 20.5 Å². The molecule has 0 radical (unpaired) electrons. The predicted molar refractivity (Wildman–Crippen MR) is 140 cm³/mol. The largest absolute Gasteiger partial charge is 0.396 e. The minimum absolute atomic E-state index is 0.0397. The third-order valence-corrected chi connectivity index (χ3v) is 6.17. The van der Waals surface area contributed by atoms with Gasteiger partial charge in [-0.3, -0.25) is 4.55 Å². The zero-order valence-electron chi connectivity index (χ0n) is 19.8. The van der Waals surface area contributed by atoms with Crippen molar-refractivity contribution in [3.05, 3.63) is 60.2 Å². The lowest BCUT2D eigenvalue weighted by Crippen LogP contribution is -2.05. The molecule has 0 unspecified atom stereocenters. The van der Waals surface area contributed by atoms with Gasteiger partial charge in [0, 0.05) is 18.8 Å². The normalized spacial score (nSPS) is 12.0. The lowest BCUT2D eigenvalue weighted by Gasteiger charge is -2.10. The van der Waals surface area contributed by atoms with Crippen LogP contribution in [0.1, 0.15) is 24.8 Å². The second kappa shape index (κ2) is 12.2. The van der Waals surface area contributed by atoms with Gasteiger partial charge in [-0.1, -0.05) is 18.2 Å². The number of aliphatic hydroxyl groups excluding tert-OH is 1. The molecule has 3 aromatic rings. The van der Waals surface area contributed by atoms with Gasteiger partial charge >= 0.3 is 0 Å². The number of nitrogen functional groups attached to an aromatic ring is 2. The summed E-state index contributed by atoms with van der Waals surface area (Å²) in [6.45, 7) is 2.81. The van der Waals surface area contributed by atoms with E-state index in [0.717, 1.165) is 43.1 Å². The summed E-state index contributed by atoms with van der Waals surface area (Å²) in [7, 11) is -4.70. The van der Waals surface area contributed by atoms with Crippen molar-refractivity contribution in [3.63, 3.8) is 0 Å². The molecule has 0 fully saturated rings. The number of aryl methyl sites for hydroxylation is 1. The highest BCUT2D eigenvalue weighted by Gasteiger charge is 2.22. The number of benzene rings is 3. The Bertz CT molecular complexity index is 1360. The third kappa shape index (κ3) is 7.07. The maximum Gasteiger partial charge on any atom is 0.296 e. The quantitative estimate of drug-likeness (QED) is 0.0928. The first kappa shape index (κ1) is 26.7. The van der Waals surface area contributed by atoms with E-state index in [9.17, 15) is 13.0 Å². The number of nitrogens with one attached hydrogen (secondary N) is 1. The molecule has 11 nitrogen and oxygen atoms in total. The minimum atomic E-state index is -4.70. The molecule has 0 aliphatic heterocycles. The molecule has 12 heteroatoms. The van der Waals surface area contributed by atoms with Crippen LogP contribution in [-0.4, -0.2) is 31.2 Å². The van der Waals surface area contributed by atoms with E-state index in [1.165, 1.54) is 0 Å². The molecule has 0 spiro atoms. The fourth-order valence-electron chi connectivity index (χ4n) is 3.25. The average Bonchev–Trinajstić information content (AvgIpc) is 2.84. The van der Waals surface area contributed by atoms with E-state index in [1.54, 1.807) is 24.3 Å². The van der Waals surface area contributed by atoms with Crippen molar-refractivity contribution >= 4 is 49.9 Å². The van der Waals surface area contributed by atoms with Crippen LogP contribution in [0.25, 0.3) is 0 Å². The van der Waals surface area contributed by atoms with Crippen LogP contribution >= 0.6 is 0 Å². The minimum Gasteiger partial charge on any atom is -0.396 e. The Morgan fingerprint density at radius 3 is 2.22 bits per heavy atom. The van der Waals surface area contributed by atoms with Crippen molar-refractivity contribution < 1.29 is 18.1 Å². The summed E-state index contributed by atoms with van der Waals surface area (Å²) in [5.74, 6) is 0. The van der Waals surface area contributed by atoms with Crippen molar-refractivity contribution in [3.8, 4) is 0 Å². The summed E-state index contributed by atoms with van der Waals surface area (Å²) in [4.78, 5) is -0.592. The molecule has 0 bridgehead atoms. The molecular weight excluding hydrogens is 482 g/mol. The summed E-state index contributed by atoms with van der Waals surface area (Å²) < 4.78 is 33.5. The van der Waals surface area contributed by atoms with Gasteiger partial charge in [-0.15, -0.1) is 10.2 Å². The Morgan fingerprint density at radius 1 is 0.861 bits per heavy atom. The number of azo groups is 2. The number of anilines is 3. The van der Waals surface area contributed by atoms with Crippen LogP contribution in [0, 0.1) is 6.92 Å². The van der Waals surface area contributed by atoms with Crippen molar-refractivity contribution in [2.75, 3.05) is 29.9 Å². The van der Waals surface area contributed by atoms with Gasteiger partial charge in [0.2, 0.25) is 0 Å². The number of aliphatic hydroxyl groups is 1. The zero-order valence-corrected chi connectivity index (χ0v) is 20.6. The number of hydrogen-bond donors (Lipinski definition) is 5. The topological polar surface area (TPSA) is 188 Å². The van der Waals surface area contributed by atoms with Gasteiger partial charge in [-0.25, -0.2) is 0 Å². The molecule has 0 saturated carbocycles. The number of nitrogens with two attached hydrogens (primary N) is 2. The van der Waals surface area contributed by atoms with Crippen molar-refractivity contribution in [1.29, 1.82) is 0 Å². The highest BCUT2D eigenvalue weighted by Crippen LogP contribution is 2.43. The van der Waals surface area contributed by atoms with Gasteiger partial charge in [0.15, 0.2) is 0 Å². The van der Waals surface area contributed by atoms with Gasteiger partial charge in [-0.2, -0.15) is 18.6 Å². The SMILES string of the molecule is Cc1ccccc1/N=N/c1c(N)c(/N=N/c2ccc(NCCCCCO)cc2)cc(S(=O)(=O)O)c1N. The van der Waals surface area contributed by atoms with E-state index in [1.807, 2.05) is 31.2 Å². The van der Waals surface area contributed by atoms with Gasteiger partial charge in [-0.05, 0) is 68.1 Å². The molecule has 0 amide bonds. The smallest absolute Gasteiger partial charge is 0.296 e. The maximum absolute atomic E-state index is 11.9. The Balaban J connectivity index is 1.87. The van der Waals surface area contributed by atoms with Gasteiger partial charge < -0.3 is 21.9 Å². The summed E-state index contributed by atoms with van der Waals surface area (Å²) in [5, 5.41) is 28.5. The fraction of sp³-hybridized carbons (Fsp3) is 0.250. The van der Waals surface area contributed by atoms with Crippen molar-refractivity contribution in [2.45, 2.75) is 31.1 Å². The first-order valence-electron chi connectivity index (χ1n) is 11.2. The standard InChI is InChI=1S/C24H29N7O4S/c1-16-7-3-4-8-19(16)29-31-24-22(25)20(15-21(23(24)26)36(33,34)35)30-28-18-11-9-17(10-12-18)27-13-5-2-6-14-32/h3-4,7-12,15,27,32H,2,5-6,13-14,25-26H2,1H3,(H,33,34,35)/b30-28+,31-29+. The molecule has 0 heterocycles. The molecule has 0 aliphatic carbocycles. The van der Waals surface area contributed by atoms with Crippen LogP contribution in [0.2, 0.25) is 0 Å². The highest BCUT2D eigenvalue weighted by molar-refractivity contribution is 7.86. The van der Waals surface area contributed by atoms with Crippen molar-refractivity contribution in [1.82, 2.24) is 0 Å². The first-order chi connectivity index (χ1) is 17.2. The molecule has 3 aromatic carbocycles. The van der Waals surface area contributed by atoms with Crippen LogP contribution in [0.4, 0.5) is 39.8 Å². The van der Waals surface area contributed by atoms with Crippen LogP contribution < -0.4 is 16.8 Å². The second-order valence-electron chi connectivity index (χ2n) is 7.99. The molecule has 36 heavy (non-hydrogen) atoms. The van der Waals surface area contributed by atoms with E-state index in [2.05, 4.69) is 25.8 Å². The second-order valence-corrected chi connectivity index (χ2v) is 9.38. The summed E-state index contributed by atoms with van der Waals surface area (Å²) in [6.07, 6.45) is 2.67. The molecule has 0 atom stereocenters. The summed E-state index contributed by atoms with van der Waals surface area (Å²) >= 11 is 0. The molecule has 190 valence electrons. The van der Waals surface area contributed by atoms with Crippen LogP contribution in [0.15, 0.2) is 79.9 Å². The summed E-state index contributed by atoms with van der Waals surface area (Å²) in [5.41, 5.74) is 14.4. The molecule has 0 aromatic heterocycles. The number of nitrogens with zero attached hydrogens (tertiary/aromatic N) is 4. The van der Waals surface area contributed by atoms with Gasteiger partial charge in [0.05, 0.1) is 22.7 Å². The monoisotopic (exact) mass is 511 g/mol. The predicted octanol–water partition coefficient (Wildman–Crippen LogP) is 5.81. The van der Waals surface area contributed by atoms with E-state index < -0.39 is 15.0 Å². The third-order valence-electron chi connectivity index (χ3n) is 5.28. The molecular formula is C24H29N7O4S. The van der Waals surface area contributed by atoms with E-state index in [0.29, 0.717) is 11.4 Å². The number of unbranched alkanes of at least 4 members (excludes halogenated alkanes) is 2. The van der Waals surface area contributed by atoms with Crippen LogP contribution in [0.3, 0.4) is 0 Å². The van der Waals surface area contributed by atoms with Gasteiger partial charge in [0.1, 0.15) is 16.3 Å². The molecule has 0 aliphatic rings. The Labute approximate surface area is 209 Å². The average molecular weight is 512 g/mol. The van der Waals surface area contributed by atoms with E-state index in [4.69, 9.17) is 16.6 Å². The van der Waals surface area contributed by atoms with Gasteiger partial charge in [0.25, 0.3) is 10.1 Å². The first-order valence-corrected chi connectivity index (χ1v) is 12.7. The fourth-order valence-corrected chi connectivity index (χ4v) is 3.89. The Morgan fingerprint density at radius 2 is 1.56 bits per heavy atom.